The van der Waals surface area contributed by atoms with Crippen LogP contribution in [0.1, 0.15) is 11.1 Å². The van der Waals surface area contributed by atoms with E-state index in [2.05, 4.69) is 26.5 Å². The summed E-state index contributed by atoms with van der Waals surface area (Å²) in [6, 6.07) is 12.7. The molecule has 0 saturated carbocycles. The van der Waals surface area contributed by atoms with Crippen molar-refractivity contribution in [3.8, 4) is 11.5 Å². The first-order valence-corrected chi connectivity index (χ1v) is 7.32. The number of hydrogen-bond donors (Lipinski definition) is 2. The highest BCUT2D eigenvalue weighted by atomic mass is 79.9. The van der Waals surface area contributed by atoms with Crippen molar-refractivity contribution in [3.05, 3.63) is 58.1 Å². The number of ether oxygens (including phenoxy) is 1. The van der Waals surface area contributed by atoms with Crippen molar-refractivity contribution >= 4 is 28.1 Å². The lowest BCUT2D eigenvalue weighted by molar-refractivity contribution is -0.120. The number of aromatic hydroxyl groups is 1. The van der Waals surface area contributed by atoms with Crippen molar-refractivity contribution in [1.82, 2.24) is 5.43 Å². The molecule has 0 saturated heterocycles. The van der Waals surface area contributed by atoms with Crippen molar-refractivity contribution < 1.29 is 14.6 Å². The van der Waals surface area contributed by atoms with Crippen LogP contribution in [-0.4, -0.2) is 24.3 Å². The van der Waals surface area contributed by atoms with Crippen LogP contribution in [0.25, 0.3) is 0 Å². The van der Waals surface area contributed by atoms with Gasteiger partial charge in [-0.2, -0.15) is 5.10 Å². The van der Waals surface area contributed by atoms with Gasteiger partial charge < -0.3 is 9.84 Å². The van der Waals surface area contributed by atoms with Crippen LogP contribution in [0.3, 0.4) is 0 Å². The second-order valence-electron chi connectivity index (χ2n) is 4.50. The number of hydrazone groups is 1. The number of nitrogens with one attached hydrogen (secondary N) is 1. The molecule has 5 nitrogen and oxygen atoms in total. The number of halogens is 1. The van der Waals surface area contributed by atoms with E-state index in [0.717, 1.165) is 10.0 Å². The highest BCUT2D eigenvalue weighted by molar-refractivity contribution is 9.10. The maximum atomic E-state index is 11.8. The summed E-state index contributed by atoms with van der Waals surface area (Å²) in [7, 11) is 1.46. The van der Waals surface area contributed by atoms with Gasteiger partial charge in [0.1, 0.15) is 0 Å². The Balaban J connectivity index is 2.01. The van der Waals surface area contributed by atoms with Gasteiger partial charge in [0.15, 0.2) is 11.5 Å². The third kappa shape index (κ3) is 4.33. The summed E-state index contributed by atoms with van der Waals surface area (Å²) in [5, 5.41) is 13.8. The molecule has 0 atom stereocenters. The van der Waals surface area contributed by atoms with E-state index >= 15 is 0 Å². The molecule has 0 fully saturated rings. The van der Waals surface area contributed by atoms with Gasteiger partial charge in [-0.1, -0.05) is 46.3 Å². The number of nitrogens with zero attached hydrogens (tertiary/aromatic N) is 1. The van der Waals surface area contributed by atoms with Crippen molar-refractivity contribution in [1.29, 1.82) is 0 Å². The Morgan fingerprint density at radius 1 is 1.36 bits per heavy atom. The molecule has 0 heterocycles. The molecule has 2 aromatic carbocycles. The molecule has 6 heteroatoms. The van der Waals surface area contributed by atoms with E-state index < -0.39 is 0 Å². The van der Waals surface area contributed by atoms with Crippen LogP contribution in [0.15, 0.2) is 52.0 Å². The molecular weight excluding hydrogens is 348 g/mol. The Morgan fingerprint density at radius 3 is 2.77 bits per heavy atom. The normalized spacial score (nSPS) is 10.6. The Morgan fingerprint density at radius 2 is 2.09 bits per heavy atom. The highest BCUT2D eigenvalue weighted by Gasteiger charge is 2.08. The van der Waals surface area contributed by atoms with Crippen LogP contribution in [0.5, 0.6) is 11.5 Å². The third-order valence-corrected chi connectivity index (χ3v) is 3.35. The molecule has 0 aromatic heterocycles. The van der Waals surface area contributed by atoms with Crippen molar-refractivity contribution in [2.45, 2.75) is 6.42 Å². The Bertz CT molecular complexity index is 687. The average Bonchev–Trinajstić information content (AvgIpc) is 2.51. The van der Waals surface area contributed by atoms with Crippen molar-refractivity contribution in [2.24, 2.45) is 5.10 Å². The van der Waals surface area contributed by atoms with Gasteiger partial charge in [-0.15, -0.1) is 0 Å². The van der Waals surface area contributed by atoms with Crippen LogP contribution in [-0.2, 0) is 11.2 Å². The van der Waals surface area contributed by atoms with Crippen LogP contribution in [0, 0.1) is 0 Å². The smallest absolute Gasteiger partial charge is 0.244 e. The molecule has 0 aliphatic heterocycles. The minimum atomic E-state index is -0.232. The van der Waals surface area contributed by atoms with Crippen LogP contribution in [0.2, 0.25) is 0 Å². The lowest BCUT2D eigenvalue weighted by atomic mass is 10.1. The monoisotopic (exact) mass is 362 g/mol. The van der Waals surface area contributed by atoms with Gasteiger partial charge in [-0.05, 0) is 17.7 Å². The maximum absolute atomic E-state index is 11.8. The summed E-state index contributed by atoms with van der Waals surface area (Å²) < 4.78 is 5.78. The van der Waals surface area contributed by atoms with Crippen molar-refractivity contribution in [3.63, 3.8) is 0 Å². The molecule has 2 aromatic rings. The second kappa shape index (κ2) is 7.61. The lowest BCUT2D eigenvalue weighted by Crippen LogP contribution is -2.19. The number of carbonyl (C=O) groups is 1. The quantitative estimate of drug-likeness (QED) is 0.634. The minimum Gasteiger partial charge on any atom is -0.504 e. The number of methoxy groups -OCH3 is 1. The molecule has 0 unspecified atom stereocenters. The van der Waals surface area contributed by atoms with E-state index in [-0.39, 0.29) is 18.1 Å². The first kappa shape index (κ1) is 16.0. The van der Waals surface area contributed by atoms with E-state index in [9.17, 15) is 9.90 Å². The average molecular weight is 363 g/mol. The summed E-state index contributed by atoms with van der Waals surface area (Å²) in [5.74, 6) is 0.0575. The predicted molar refractivity (Wildman–Crippen MR) is 88.2 cm³/mol. The summed E-state index contributed by atoms with van der Waals surface area (Å²) in [5.41, 5.74) is 3.77. The van der Waals surface area contributed by atoms with E-state index in [1.165, 1.54) is 13.3 Å². The predicted octanol–water partition coefficient (Wildman–Crippen LogP) is 2.86. The van der Waals surface area contributed by atoms with Gasteiger partial charge in [0.2, 0.25) is 5.91 Å². The fraction of sp³-hybridized carbons (Fsp3) is 0.125. The molecular formula is C16H15BrN2O3. The fourth-order valence-electron chi connectivity index (χ4n) is 1.84. The molecule has 2 rings (SSSR count). The summed E-state index contributed by atoms with van der Waals surface area (Å²) in [6.07, 6.45) is 1.61. The first-order chi connectivity index (χ1) is 10.6. The highest BCUT2D eigenvalue weighted by Crippen LogP contribution is 2.32. The molecule has 22 heavy (non-hydrogen) atoms. The molecule has 1 amide bonds. The lowest BCUT2D eigenvalue weighted by Gasteiger charge is -2.06. The number of rotatable bonds is 5. The zero-order chi connectivity index (χ0) is 15.9. The summed E-state index contributed by atoms with van der Waals surface area (Å²) in [4.78, 5) is 11.8. The number of phenolic OH excluding ortho intramolecular Hbond substituents is 1. The van der Waals surface area contributed by atoms with Gasteiger partial charge >= 0.3 is 0 Å². The SMILES string of the molecule is COc1cc(Br)cc(/C=N/NC(=O)Cc2ccccc2)c1O. The zero-order valence-corrected chi connectivity index (χ0v) is 13.5. The van der Waals surface area contributed by atoms with E-state index in [0.29, 0.717) is 11.3 Å². The number of hydrogen-bond acceptors (Lipinski definition) is 4. The van der Waals surface area contributed by atoms with Crippen LogP contribution < -0.4 is 10.2 Å². The molecule has 0 aliphatic carbocycles. The standard InChI is InChI=1S/C16H15BrN2O3/c1-22-14-9-13(17)8-12(16(14)21)10-18-19-15(20)7-11-5-3-2-4-6-11/h2-6,8-10,21H,7H2,1H3,(H,19,20)/b18-10+. The molecule has 0 bridgehead atoms. The Labute approximate surface area is 136 Å². The van der Waals surface area contributed by atoms with E-state index in [1.807, 2.05) is 30.3 Å². The fourth-order valence-corrected chi connectivity index (χ4v) is 2.30. The van der Waals surface area contributed by atoms with Gasteiger partial charge in [-0.3, -0.25) is 4.79 Å². The second-order valence-corrected chi connectivity index (χ2v) is 5.42. The Hall–Kier alpha value is -2.34. The topological polar surface area (TPSA) is 70.9 Å². The maximum Gasteiger partial charge on any atom is 0.244 e. The number of benzene rings is 2. The summed E-state index contributed by atoms with van der Waals surface area (Å²) >= 11 is 3.31. The number of amides is 1. The molecule has 0 aliphatic rings. The zero-order valence-electron chi connectivity index (χ0n) is 11.9. The van der Waals surface area contributed by atoms with Gasteiger partial charge in [0.05, 0.1) is 19.7 Å². The van der Waals surface area contributed by atoms with E-state index in [1.54, 1.807) is 12.1 Å². The summed E-state index contributed by atoms with van der Waals surface area (Å²) in [6.45, 7) is 0. The first-order valence-electron chi connectivity index (χ1n) is 6.52. The van der Waals surface area contributed by atoms with Gasteiger partial charge in [-0.25, -0.2) is 5.43 Å². The molecule has 0 spiro atoms. The molecule has 0 radical (unpaired) electrons. The van der Waals surface area contributed by atoms with Crippen LogP contribution >= 0.6 is 15.9 Å². The van der Waals surface area contributed by atoms with Crippen LogP contribution in [0.4, 0.5) is 0 Å². The molecule has 114 valence electrons. The number of phenols is 1. The Kier molecular flexibility index (Phi) is 5.55. The largest absolute Gasteiger partial charge is 0.504 e. The van der Waals surface area contributed by atoms with Gasteiger partial charge in [0.25, 0.3) is 0 Å². The van der Waals surface area contributed by atoms with Gasteiger partial charge in [0, 0.05) is 10.0 Å². The van der Waals surface area contributed by atoms with Crippen molar-refractivity contribution in [2.75, 3.05) is 7.11 Å². The minimum absolute atomic E-state index is 0.0354. The third-order valence-electron chi connectivity index (χ3n) is 2.89. The van der Waals surface area contributed by atoms with E-state index in [4.69, 9.17) is 4.74 Å². The molecule has 2 N–H and O–H groups in total. The number of carbonyl (C=O) groups excluding carboxylic acids is 1.